The van der Waals surface area contributed by atoms with Gasteiger partial charge in [-0.25, -0.2) is 0 Å². The number of hydrogen-bond donors (Lipinski definition) is 1. The number of rotatable bonds is 2. The summed E-state index contributed by atoms with van der Waals surface area (Å²) in [7, 11) is 0. The van der Waals surface area contributed by atoms with Crippen LogP contribution in [0.1, 0.15) is 89.8 Å². The fourth-order valence-electron chi connectivity index (χ4n) is 4.05. The molecule has 0 spiro atoms. The van der Waals surface area contributed by atoms with Crippen molar-refractivity contribution >= 4 is 0 Å². The highest BCUT2D eigenvalue weighted by Crippen LogP contribution is 2.42. The molecule has 2 fully saturated rings. The molecular weight excluding hydrogens is 262 g/mol. The lowest BCUT2D eigenvalue weighted by Gasteiger charge is -2.34. The Morgan fingerprint density at radius 2 is 1.86 bits per heavy atom. The van der Waals surface area contributed by atoms with E-state index in [1.54, 1.807) is 0 Å². The van der Waals surface area contributed by atoms with Gasteiger partial charge in [0.05, 0.1) is 5.54 Å². The highest BCUT2D eigenvalue weighted by molar-refractivity contribution is 5.07. The highest BCUT2D eigenvalue weighted by Gasteiger charge is 2.39. The lowest BCUT2D eigenvalue weighted by molar-refractivity contribution is 0.182. The van der Waals surface area contributed by atoms with E-state index in [2.05, 4.69) is 25.9 Å². The van der Waals surface area contributed by atoms with Crippen molar-refractivity contribution in [1.29, 1.82) is 0 Å². The summed E-state index contributed by atoms with van der Waals surface area (Å²) in [6.45, 7) is 6.97. The van der Waals surface area contributed by atoms with E-state index in [-0.39, 0.29) is 0 Å². The predicted octanol–water partition coefficient (Wildman–Crippen LogP) is 4.12. The molecule has 2 saturated carbocycles. The Kier molecular flexibility index (Phi) is 3.85. The highest BCUT2D eigenvalue weighted by atomic mass is 16.5. The second-order valence-corrected chi connectivity index (χ2v) is 8.25. The molecule has 3 rings (SSSR count). The zero-order chi connectivity index (χ0) is 15.1. The molecule has 2 aliphatic rings. The minimum absolute atomic E-state index is 0.392. The molecular formula is C17H29N3O. The van der Waals surface area contributed by atoms with Gasteiger partial charge in [0.2, 0.25) is 5.89 Å². The monoisotopic (exact) mass is 291 g/mol. The zero-order valence-corrected chi connectivity index (χ0v) is 13.7. The molecule has 1 aromatic rings. The molecule has 0 amide bonds. The average molecular weight is 291 g/mol. The summed E-state index contributed by atoms with van der Waals surface area (Å²) in [5.41, 5.74) is 6.64. The molecule has 0 radical (unpaired) electrons. The molecule has 0 bridgehead atoms. The second kappa shape index (κ2) is 5.38. The van der Waals surface area contributed by atoms with E-state index < -0.39 is 5.54 Å². The topological polar surface area (TPSA) is 64.9 Å². The van der Waals surface area contributed by atoms with Crippen LogP contribution in [0, 0.1) is 11.3 Å². The number of hydrogen-bond acceptors (Lipinski definition) is 4. The summed E-state index contributed by atoms with van der Waals surface area (Å²) in [5.74, 6) is 2.67. The first-order valence-corrected chi connectivity index (χ1v) is 8.51. The Hall–Kier alpha value is -0.900. The third kappa shape index (κ3) is 3.15. The first-order valence-electron chi connectivity index (χ1n) is 8.51. The Bertz CT molecular complexity index is 486. The molecule has 0 aliphatic heterocycles. The van der Waals surface area contributed by atoms with E-state index in [0.717, 1.165) is 25.1 Å². The van der Waals surface area contributed by atoms with Crippen molar-refractivity contribution in [2.24, 2.45) is 17.1 Å². The van der Waals surface area contributed by atoms with Gasteiger partial charge >= 0.3 is 0 Å². The minimum atomic E-state index is -0.392. The van der Waals surface area contributed by atoms with E-state index in [9.17, 15) is 0 Å². The van der Waals surface area contributed by atoms with Crippen LogP contribution in [0.2, 0.25) is 0 Å². The lowest BCUT2D eigenvalue weighted by atomic mass is 9.73. The number of nitrogens with zero attached hydrogens (tertiary/aromatic N) is 2. The molecule has 0 aromatic carbocycles. The fourth-order valence-corrected chi connectivity index (χ4v) is 4.05. The largest absolute Gasteiger partial charge is 0.337 e. The maximum absolute atomic E-state index is 6.56. The first-order chi connectivity index (χ1) is 9.88. The average Bonchev–Trinajstić information content (AvgIpc) is 2.89. The van der Waals surface area contributed by atoms with Gasteiger partial charge in [-0.2, -0.15) is 4.98 Å². The Balaban J connectivity index is 1.72. The van der Waals surface area contributed by atoms with Crippen molar-refractivity contribution in [3.63, 3.8) is 0 Å². The van der Waals surface area contributed by atoms with Crippen LogP contribution in [0.4, 0.5) is 0 Å². The Morgan fingerprint density at radius 1 is 1.14 bits per heavy atom. The van der Waals surface area contributed by atoms with Gasteiger partial charge in [0.25, 0.3) is 0 Å². The summed E-state index contributed by atoms with van der Waals surface area (Å²) in [5, 5.41) is 4.27. The maximum atomic E-state index is 6.56. The van der Waals surface area contributed by atoms with E-state index in [1.165, 1.54) is 32.1 Å². The Labute approximate surface area is 127 Å². The summed E-state index contributed by atoms with van der Waals surface area (Å²) in [6.07, 6.45) is 9.17. The van der Waals surface area contributed by atoms with Crippen molar-refractivity contribution in [2.75, 3.05) is 0 Å². The summed E-state index contributed by atoms with van der Waals surface area (Å²) in [6, 6.07) is 0. The van der Waals surface area contributed by atoms with Gasteiger partial charge in [-0.3, -0.25) is 0 Å². The van der Waals surface area contributed by atoms with Crippen LogP contribution in [0.5, 0.6) is 0 Å². The molecule has 21 heavy (non-hydrogen) atoms. The van der Waals surface area contributed by atoms with Gasteiger partial charge in [0, 0.05) is 5.92 Å². The van der Waals surface area contributed by atoms with Crippen LogP contribution < -0.4 is 5.73 Å². The van der Waals surface area contributed by atoms with Gasteiger partial charge < -0.3 is 10.3 Å². The quantitative estimate of drug-likeness (QED) is 0.890. The molecule has 2 N–H and O–H groups in total. The van der Waals surface area contributed by atoms with Crippen molar-refractivity contribution in [2.45, 2.75) is 83.6 Å². The zero-order valence-electron chi connectivity index (χ0n) is 13.7. The van der Waals surface area contributed by atoms with E-state index in [1.807, 2.05) is 0 Å². The SMILES string of the molecule is CC1CCCC(N)(c2nc(C3CCC(C)(C)CC3)no2)C1. The molecule has 4 heteroatoms. The molecule has 118 valence electrons. The third-order valence-corrected chi connectivity index (χ3v) is 5.60. The van der Waals surface area contributed by atoms with Crippen molar-refractivity contribution in [1.82, 2.24) is 10.1 Å². The van der Waals surface area contributed by atoms with E-state index in [4.69, 9.17) is 15.2 Å². The smallest absolute Gasteiger partial charge is 0.246 e. The molecule has 2 aliphatic carbocycles. The maximum Gasteiger partial charge on any atom is 0.246 e. The first kappa shape index (κ1) is 15.0. The Morgan fingerprint density at radius 3 is 2.52 bits per heavy atom. The van der Waals surface area contributed by atoms with Gasteiger partial charge in [-0.1, -0.05) is 38.8 Å². The number of nitrogens with two attached hydrogens (primary N) is 1. The van der Waals surface area contributed by atoms with Crippen LogP contribution in [0.3, 0.4) is 0 Å². The summed E-state index contributed by atoms with van der Waals surface area (Å²) < 4.78 is 5.57. The standard InChI is InChI=1S/C17H29N3O/c1-12-5-4-8-17(18,11-12)15-19-14(20-21-15)13-6-9-16(2,3)10-7-13/h12-13H,4-11,18H2,1-3H3. The summed E-state index contributed by atoms with van der Waals surface area (Å²) >= 11 is 0. The van der Waals surface area contributed by atoms with Crippen molar-refractivity contribution in [3.05, 3.63) is 11.7 Å². The predicted molar refractivity (Wildman–Crippen MR) is 82.8 cm³/mol. The second-order valence-electron chi connectivity index (χ2n) is 8.25. The van der Waals surface area contributed by atoms with Gasteiger partial charge in [0.15, 0.2) is 5.82 Å². The van der Waals surface area contributed by atoms with Gasteiger partial charge in [-0.05, 0) is 49.9 Å². The fraction of sp³-hybridized carbons (Fsp3) is 0.882. The third-order valence-electron chi connectivity index (χ3n) is 5.60. The van der Waals surface area contributed by atoms with Crippen LogP contribution in [-0.2, 0) is 5.54 Å². The van der Waals surface area contributed by atoms with Crippen LogP contribution >= 0.6 is 0 Å². The van der Waals surface area contributed by atoms with E-state index in [0.29, 0.717) is 23.1 Å². The molecule has 4 nitrogen and oxygen atoms in total. The molecule has 2 atom stereocenters. The molecule has 0 saturated heterocycles. The van der Waals surface area contributed by atoms with E-state index >= 15 is 0 Å². The van der Waals surface area contributed by atoms with Crippen molar-refractivity contribution < 1.29 is 4.52 Å². The molecule has 1 heterocycles. The van der Waals surface area contributed by atoms with Crippen molar-refractivity contribution in [3.8, 4) is 0 Å². The summed E-state index contributed by atoms with van der Waals surface area (Å²) in [4.78, 5) is 4.71. The van der Waals surface area contributed by atoms with Crippen LogP contribution in [-0.4, -0.2) is 10.1 Å². The van der Waals surface area contributed by atoms with Crippen LogP contribution in [0.15, 0.2) is 4.52 Å². The lowest BCUT2D eigenvalue weighted by Crippen LogP contribution is -2.41. The van der Waals surface area contributed by atoms with Crippen LogP contribution in [0.25, 0.3) is 0 Å². The number of aromatic nitrogens is 2. The van der Waals surface area contributed by atoms with Gasteiger partial charge in [0.1, 0.15) is 0 Å². The van der Waals surface area contributed by atoms with Gasteiger partial charge in [-0.15, -0.1) is 0 Å². The molecule has 2 unspecified atom stereocenters. The molecule has 1 aromatic heterocycles. The normalized spacial score (nSPS) is 34.0. The minimum Gasteiger partial charge on any atom is -0.337 e.